The molecular weight excluding hydrogens is 258 g/mol. The molecule has 2 N–H and O–H groups in total. The second-order valence-electron chi connectivity index (χ2n) is 5.17. The van der Waals surface area contributed by atoms with Crippen LogP contribution in [-0.2, 0) is 0 Å². The number of rotatable bonds is 2. The number of thiophene rings is 1. The Bertz CT molecular complexity index is 524. The molecule has 1 amide bonds. The number of hydrogen-bond acceptors (Lipinski definition) is 3. The molecule has 0 radical (unpaired) electrons. The molecule has 0 saturated heterocycles. The monoisotopic (exact) mass is 277 g/mol. The molecule has 0 aromatic carbocycles. The third kappa shape index (κ3) is 3.59. The summed E-state index contributed by atoms with van der Waals surface area (Å²) in [6.45, 7) is 4.01. The smallest absolute Gasteiger partial charge is 0.261 e. The fourth-order valence-corrected chi connectivity index (χ4v) is 3.38. The van der Waals surface area contributed by atoms with Gasteiger partial charge in [0.1, 0.15) is 6.61 Å². The molecule has 1 aliphatic rings. The first-order valence-electron chi connectivity index (χ1n) is 6.61. The molecule has 4 heteroatoms. The van der Waals surface area contributed by atoms with Crippen LogP contribution in [0, 0.1) is 24.7 Å². The molecule has 2 unspecified atom stereocenters. The third-order valence-electron chi connectivity index (χ3n) is 3.45. The van der Waals surface area contributed by atoms with E-state index in [1.165, 1.54) is 17.8 Å². The molecule has 1 aliphatic carbocycles. The first-order valence-corrected chi connectivity index (χ1v) is 7.43. The first kappa shape index (κ1) is 14.1. The Hall–Kier alpha value is -1.31. The van der Waals surface area contributed by atoms with Gasteiger partial charge in [-0.15, -0.1) is 11.3 Å². The van der Waals surface area contributed by atoms with E-state index in [0.29, 0.717) is 16.8 Å². The number of amides is 1. The Morgan fingerprint density at radius 3 is 3.00 bits per heavy atom. The minimum atomic E-state index is -0.154. The van der Waals surface area contributed by atoms with E-state index < -0.39 is 0 Å². The standard InChI is InChI=1S/C15H19NO2S/c1-10-5-6-12(8-10)16-15(18)14-9-11(2)13(19-14)4-3-7-17/h9-10,12,17H,5-8H2,1-2H3,(H,16,18). The zero-order valence-electron chi connectivity index (χ0n) is 11.3. The van der Waals surface area contributed by atoms with Crippen molar-refractivity contribution in [3.8, 4) is 11.8 Å². The van der Waals surface area contributed by atoms with E-state index in [1.807, 2.05) is 13.0 Å². The summed E-state index contributed by atoms with van der Waals surface area (Å²) in [5.74, 6) is 6.21. The molecule has 1 aromatic heterocycles. The van der Waals surface area contributed by atoms with Crippen molar-refractivity contribution in [2.75, 3.05) is 6.61 Å². The van der Waals surface area contributed by atoms with Crippen molar-refractivity contribution >= 4 is 17.2 Å². The van der Waals surface area contributed by atoms with E-state index >= 15 is 0 Å². The van der Waals surface area contributed by atoms with Gasteiger partial charge in [0.15, 0.2) is 0 Å². The summed E-state index contributed by atoms with van der Waals surface area (Å²) in [6.07, 6.45) is 3.35. The average molecular weight is 277 g/mol. The van der Waals surface area contributed by atoms with Crippen molar-refractivity contribution in [1.82, 2.24) is 5.32 Å². The van der Waals surface area contributed by atoms with E-state index in [1.54, 1.807) is 0 Å². The summed E-state index contributed by atoms with van der Waals surface area (Å²) in [6, 6.07) is 2.19. The van der Waals surface area contributed by atoms with Crippen molar-refractivity contribution in [2.45, 2.75) is 39.2 Å². The lowest BCUT2D eigenvalue weighted by Crippen LogP contribution is -2.32. The van der Waals surface area contributed by atoms with Gasteiger partial charge < -0.3 is 10.4 Å². The van der Waals surface area contributed by atoms with Crippen LogP contribution in [0.1, 0.15) is 46.3 Å². The van der Waals surface area contributed by atoms with Crippen LogP contribution in [-0.4, -0.2) is 23.7 Å². The first-order chi connectivity index (χ1) is 9.10. The van der Waals surface area contributed by atoms with Crippen LogP contribution in [0.2, 0.25) is 0 Å². The number of hydrogen-bond donors (Lipinski definition) is 2. The number of aliphatic hydroxyl groups is 1. The van der Waals surface area contributed by atoms with E-state index in [9.17, 15) is 4.79 Å². The fraction of sp³-hybridized carbons (Fsp3) is 0.533. The molecule has 3 nitrogen and oxygen atoms in total. The quantitative estimate of drug-likeness (QED) is 0.815. The molecule has 0 spiro atoms. The minimum Gasteiger partial charge on any atom is -0.384 e. The third-order valence-corrected chi connectivity index (χ3v) is 4.60. The van der Waals surface area contributed by atoms with Gasteiger partial charge in [-0.2, -0.15) is 0 Å². The van der Waals surface area contributed by atoms with Gasteiger partial charge in [-0.1, -0.05) is 18.8 Å². The van der Waals surface area contributed by atoms with Crippen LogP contribution < -0.4 is 5.32 Å². The highest BCUT2D eigenvalue weighted by Gasteiger charge is 2.23. The van der Waals surface area contributed by atoms with Gasteiger partial charge in [-0.25, -0.2) is 0 Å². The number of carbonyl (C=O) groups is 1. The fourth-order valence-electron chi connectivity index (χ4n) is 2.43. The number of nitrogens with one attached hydrogen (secondary N) is 1. The topological polar surface area (TPSA) is 49.3 Å². The van der Waals surface area contributed by atoms with E-state index in [2.05, 4.69) is 24.1 Å². The largest absolute Gasteiger partial charge is 0.384 e. The number of aliphatic hydroxyl groups excluding tert-OH is 1. The van der Waals surface area contributed by atoms with Crippen molar-refractivity contribution < 1.29 is 9.90 Å². The Morgan fingerprint density at radius 1 is 1.58 bits per heavy atom. The Balaban J connectivity index is 2.03. The van der Waals surface area contributed by atoms with Crippen LogP contribution in [0.15, 0.2) is 6.07 Å². The molecule has 102 valence electrons. The van der Waals surface area contributed by atoms with E-state index in [4.69, 9.17) is 5.11 Å². The summed E-state index contributed by atoms with van der Waals surface area (Å²) in [4.78, 5) is 13.7. The van der Waals surface area contributed by atoms with Crippen LogP contribution in [0.25, 0.3) is 0 Å². The van der Waals surface area contributed by atoms with Gasteiger partial charge in [0.05, 0.1) is 9.75 Å². The zero-order valence-corrected chi connectivity index (χ0v) is 12.1. The van der Waals surface area contributed by atoms with Gasteiger partial charge in [0.25, 0.3) is 5.91 Å². The normalized spacial score (nSPS) is 21.8. The summed E-state index contributed by atoms with van der Waals surface area (Å²) < 4.78 is 0. The molecule has 19 heavy (non-hydrogen) atoms. The highest BCUT2D eigenvalue weighted by molar-refractivity contribution is 7.14. The Kier molecular flexibility index (Phi) is 4.62. The lowest BCUT2D eigenvalue weighted by Gasteiger charge is -2.11. The molecule has 1 heterocycles. The van der Waals surface area contributed by atoms with Crippen molar-refractivity contribution in [2.24, 2.45) is 5.92 Å². The van der Waals surface area contributed by atoms with Gasteiger partial charge in [0.2, 0.25) is 0 Å². The molecule has 2 atom stereocenters. The molecule has 1 fully saturated rings. The molecular formula is C15H19NO2S. The number of carbonyl (C=O) groups excluding carboxylic acids is 1. The maximum absolute atomic E-state index is 12.1. The van der Waals surface area contributed by atoms with Crippen molar-refractivity contribution in [1.29, 1.82) is 0 Å². The Labute approximate surface area is 118 Å². The predicted octanol–water partition coefficient (Wildman–Crippen LogP) is 2.32. The summed E-state index contributed by atoms with van der Waals surface area (Å²) in [5.41, 5.74) is 0.996. The summed E-state index contributed by atoms with van der Waals surface area (Å²) >= 11 is 1.39. The molecule has 0 aliphatic heterocycles. The average Bonchev–Trinajstić information content (AvgIpc) is 2.93. The van der Waals surface area contributed by atoms with Gasteiger partial charge in [-0.3, -0.25) is 4.79 Å². The van der Waals surface area contributed by atoms with Crippen LogP contribution in [0.4, 0.5) is 0 Å². The maximum Gasteiger partial charge on any atom is 0.261 e. The predicted molar refractivity (Wildman–Crippen MR) is 77.3 cm³/mol. The maximum atomic E-state index is 12.1. The van der Waals surface area contributed by atoms with Crippen molar-refractivity contribution in [3.63, 3.8) is 0 Å². The summed E-state index contributed by atoms with van der Waals surface area (Å²) in [7, 11) is 0. The van der Waals surface area contributed by atoms with Crippen LogP contribution in [0.3, 0.4) is 0 Å². The minimum absolute atomic E-state index is 0.00393. The van der Waals surface area contributed by atoms with Gasteiger partial charge in [0, 0.05) is 6.04 Å². The lowest BCUT2D eigenvalue weighted by atomic mass is 10.1. The summed E-state index contributed by atoms with van der Waals surface area (Å²) in [5, 5.41) is 11.8. The second kappa shape index (κ2) is 6.23. The van der Waals surface area contributed by atoms with Crippen LogP contribution >= 0.6 is 11.3 Å². The van der Waals surface area contributed by atoms with Crippen molar-refractivity contribution in [3.05, 3.63) is 21.4 Å². The molecule has 0 bridgehead atoms. The SMILES string of the molecule is Cc1cc(C(=O)NC2CCC(C)C2)sc1C#CCO. The second-order valence-corrected chi connectivity index (χ2v) is 6.22. The molecule has 1 aromatic rings. The highest BCUT2D eigenvalue weighted by atomic mass is 32.1. The van der Waals surface area contributed by atoms with Gasteiger partial charge in [-0.05, 0) is 43.7 Å². The van der Waals surface area contributed by atoms with Gasteiger partial charge >= 0.3 is 0 Å². The zero-order chi connectivity index (χ0) is 13.8. The lowest BCUT2D eigenvalue weighted by molar-refractivity contribution is 0.0941. The highest BCUT2D eigenvalue weighted by Crippen LogP contribution is 2.26. The van der Waals surface area contributed by atoms with E-state index in [-0.39, 0.29) is 12.5 Å². The van der Waals surface area contributed by atoms with E-state index in [0.717, 1.165) is 23.3 Å². The van der Waals surface area contributed by atoms with Crippen LogP contribution in [0.5, 0.6) is 0 Å². The number of aryl methyl sites for hydroxylation is 1. The molecule has 1 saturated carbocycles. The molecule has 2 rings (SSSR count). The Morgan fingerprint density at radius 2 is 2.37 bits per heavy atom.